The fourth-order valence-corrected chi connectivity index (χ4v) is 3.76. The Labute approximate surface area is 188 Å². The number of hydrogen-bond donors (Lipinski definition) is 2. The molecule has 2 aliphatic rings. The Bertz CT molecular complexity index is 1210. The number of aliphatic hydroxyl groups excluding tert-OH is 1. The Morgan fingerprint density at radius 2 is 2.18 bits per heavy atom. The molecular weight excluding hydrogens is 431 g/mol. The molecule has 1 aromatic carbocycles. The molecule has 2 aliphatic heterocycles. The molecule has 1 unspecified atom stereocenters. The minimum Gasteiger partial charge on any atom is -0.442 e. The average Bonchev–Trinajstić information content (AvgIpc) is 3.54. The van der Waals surface area contributed by atoms with E-state index in [2.05, 4.69) is 20.8 Å². The first kappa shape index (κ1) is 21.0. The van der Waals surface area contributed by atoms with E-state index in [4.69, 9.17) is 14.7 Å². The number of pyridine rings is 1. The quantitative estimate of drug-likeness (QED) is 0.584. The molecule has 0 bridgehead atoms. The average molecular weight is 452 g/mol. The molecule has 2 N–H and O–H groups in total. The normalized spacial score (nSPS) is 20.0. The van der Waals surface area contributed by atoms with Gasteiger partial charge in [0.2, 0.25) is 0 Å². The van der Waals surface area contributed by atoms with Crippen molar-refractivity contribution < 1.29 is 23.9 Å². The smallest absolute Gasteiger partial charge is 0.414 e. The van der Waals surface area contributed by atoms with Gasteiger partial charge in [-0.05, 0) is 37.3 Å². The summed E-state index contributed by atoms with van der Waals surface area (Å²) in [5, 5.41) is 17.0. The minimum absolute atomic E-state index is 0.141. The standard InChI is InChI=1S/C22H21FN6O4/c1-13-9-28(27-25-13)10-17-11-29(22(31)32-17)15-3-4-18(19(23)6-15)14-2-5-20(24-8-14)21-7-16(12-30)33-26-21/h2-9,16-17,26,30H,10-12H2,1H3/t16?,17-/m0/s1. The van der Waals surface area contributed by atoms with Crippen LogP contribution in [-0.4, -0.2) is 56.5 Å². The van der Waals surface area contributed by atoms with Gasteiger partial charge in [0.15, 0.2) is 0 Å². The third kappa shape index (κ3) is 4.28. The van der Waals surface area contributed by atoms with Crippen LogP contribution in [0.15, 0.2) is 48.8 Å². The van der Waals surface area contributed by atoms with Gasteiger partial charge < -0.3 is 9.84 Å². The lowest BCUT2D eigenvalue weighted by Gasteiger charge is -2.14. The molecule has 170 valence electrons. The lowest BCUT2D eigenvalue weighted by atomic mass is 10.1. The highest BCUT2D eigenvalue weighted by atomic mass is 19.1. The highest BCUT2D eigenvalue weighted by Crippen LogP contribution is 2.29. The van der Waals surface area contributed by atoms with Crippen LogP contribution in [0.25, 0.3) is 16.8 Å². The third-order valence-electron chi connectivity index (χ3n) is 5.39. The second kappa shape index (κ2) is 8.60. The Kier molecular flexibility index (Phi) is 5.48. The predicted molar refractivity (Wildman–Crippen MR) is 115 cm³/mol. The highest BCUT2D eigenvalue weighted by molar-refractivity contribution is 5.90. The van der Waals surface area contributed by atoms with E-state index in [0.29, 0.717) is 34.8 Å². The third-order valence-corrected chi connectivity index (χ3v) is 5.39. The molecule has 2 aromatic heterocycles. The van der Waals surface area contributed by atoms with Crippen LogP contribution in [0.1, 0.15) is 11.4 Å². The molecule has 5 rings (SSSR count). The number of amides is 1. The van der Waals surface area contributed by atoms with E-state index < -0.39 is 24.1 Å². The zero-order chi connectivity index (χ0) is 22.9. The number of hydroxylamine groups is 1. The molecular formula is C22H21FN6O4. The summed E-state index contributed by atoms with van der Waals surface area (Å²) in [6.07, 6.45) is 3.68. The number of halogens is 1. The molecule has 0 radical (unpaired) electrons. The van der Waals surface area contributed by atoms with Crippen molar-refractivity contribution in [2.24, 2.45) is 0 Å². The number of rotatable bonds is 6. The molecule has 1 fully saturated rings. The number of ether oxygens (including phenoxy) is 1. The number of carbonyl (C=O) groups is 1. The van der Waals surface area contributed by atoms with Gasteiger partial charge >= 0.3 is 6.09 Å². The maximum absolute atomic E-state index is 15.0. The number of benzene rings is 1. The zero-order valence-electron chi connectivity index (χ0n) is 17.7. The molecule has 1 saturated heterocycles. The van der Waals surface area contributed by atoms with Gasteiger partial charge in [0.1, 0.15) is 18.0 Å². The van der Waals surface area contributed by atoms with Gasteiger partial charge in [0, 0.05) is 23.5 Å². The Hall–Kier alpha value is -3.83. The van der Waals surface area contributed by atoms with Crippen LogP contribution < -0.4 is 10.4 Å². The van der Waals surface area contributed by atoms with Crippen LogP contribution >= 0.6 is 0 Å². The van der Waals surface area contributed by atoms with Crippen molar-refractivity contribution in [3.05, 3.63) is 66.0 Å². The number of anilines is 1. The molecule has 11 heteroatoms. The summed E-state index contributed by atoms with van der Waals surface area (Å²) in [6, 6.07) is 8.08. The Balaban J connectivity index is 1.30. The van der Waals surface area contributed by atoms with Crippen LogP contribution in [0.2, 0.25) is 0 Å². The number of aromatic nitrogens is 4. The molecule has 0 spiro atoms. The van der Waals surface area contributed by atoms with E-state index in [1.807, 2.05) is 6.92 Å². The van der Waals surface area contributed by atoms with E-state index in [9.17, 15) is 9.18 Å². The van der Waals surface area contributed by atoms with Crippen molar-refractivity contribution in [1.82, 2.24) is 25.5 Å². The van der Waals surface area contributed by atoms with Gasteiger partial charge in [-0.3, -0.25) is 20.2 Å². The summed E-state index contributed by atoms with van der Waals surface area (Å²) < 4.78 is 22.0. The molecule has 4 heterocycles. The van der Waals surface area contributed by atoms with Crippen molar-refractivity contribution in [2.45, 2.75) is 25.7 Å². The SMILES string of the molecule is Cc1cn(C[C@H]2CN(c3ccc(-c4ccc(C5=CC(CO)ON5)nc4)c(F)c3)C(=O)O2)nn1. The van der Waals surface area contributed by atoms with E-state index in [1.165, 1.54) is 11.0 Å². The van der Waals surface area contributed by atoms with Crippen molar-refractivity contribution >= 4 is 17.5 Å². The largest absolute Gasteiger partial charge is 0.442 e. The summed E-state index contributed by atoms with van der Waals surface area (Å²) in [5.74, 6) is -0.480. The van der Waals surface area contributed by atoms with E-state index in [-0.39, 0.29) is 13.2 Å². The summed E-state index contributed by atoms with van der Waals surface area (Å²) in [7, 11) is 0. The van der Waals surface area contributed by atoms with Gasteiger partial charge in [-0.15, -0.1) is 5.10 Å². The predicted octanol–water partition coefficient (Wildman–Crippen LogP) is 2.05. The van der Waals surface area contributed by atoms with Crippen molar-refractivity contribution in [2.75, 3.05) is 18.1 Å². The van der Waals surface area contributed by atoms with Crippen LogP contribution in [0.3, 0.4) is 0 Å². The molecule has 10 nitrogen and oxygen atoms in total. The number of carbonyl (C=O) groups excluding carboxylic acids is 1. The summed E-state index contributed by atoms with van der Waals surface area (Å²) >= 11 is 0. The number of nitrogens with zero attached hydrogens (tertiary/aromatic N) is 5. The number of cyclic esters (lactones) is 1. The fraction of sp³-hybridized carbons (Fsp3) is 0.273. The number of nitrogens with one attached hydrogen (secondary N) is 1. The summed E-state index contributed by atoms with van der Waals surface area (Å²) in [6.45, 7) is 2.34. The van der Waals surface area contributed by atoms with Gasteiger partial charge in [-0.2, -0.15) is 0 Å². The van der Waals surface area contributed by atoms with Crippen LogP contribution in [-0.2, 0) is 16.1 Å². The van der Waals surface area contributed by atoms with Crippen LogP contribution in [0.5, 0.6) is 0 Å². The number of hydrogen-bond acceptors (Lipinski definition) is 8. The van der Waals surface area contributed by atoms with Gasteiger partial charge in [0.25, 0.3) is 0 Å². The molecule has 3 aromatic rings. The monoisotopic (exact) mass is 452 g/mol. The Morgan fingerprint density at radius 1 is 1.30 bits per heavy atom. The lowest BCUT2D eigenvalue weighted by molar-refractivity contribution is 0.0172. The molecule has 0 saturated carbocycles. The van der Waals surface area contributed by atoms with Gasteiger partial charge in [-0.25, -0.2) is 13.9 Å². The van der Waals surface area contributed by atoms with Crippen molar-refractivity contribution in [3.8, 4) is 11.1 Å². The van der Waals surface area contributed by atoms with Gasteiger partial charge in [0.05, 0.1) is 42.5 Å². The lowest BCUT2D eigenvalue weighted by Crippen LogP contribution is -2.26. The zero-order valence-corrected chi connectivity index (χ0v) is 17.7. The second-order valence-electron chi connectivity index (χ2n) is 7.82. The van der Waals surface area contributed by atoms with Gasteiger partial charge in [-0.1, -0.05) is 11.3 Å². The van der Waals surface area contributed by atoms with Crippen LogP contribution in [0.4, 0.5) is 14.9 Å². The second-order valence-corrected chi connectivity index (χ2v) is 7.82. The maximum Gasteiger partial charge on any atom is 0.414 e. The first-order chi connectivity index (χ1) is 16.0. The molecule has 0 aliphatic carbocycles. The first-order valence-corrected chi connectivity index (χ1v) is 10.4. The summed E-state index contributed by atoms with van der Waals surface area (Å²) in [5.41, 5.74) is 6.10. The number of aryl methyl sites for hydroxylation is 1. The summed E-state index contributed by atoms with van der Waals surface area (Å²) in [4.78, 5) is 23.3. The topological polar surface area (TPSA) is 115 Å². The van der Waals surface area contributed by atoms with Crippen LogP contribution in [0, 0.1) is 12.7 Å². The Morgan fingerprint density at radius 3 is 2.85 bits per heavy atom. The van der Waals surface area contributed by atoms with Crippen molar-refractivity contribution in [3.63, 3.8) is 0 Å². The van der Waals surface area contributed by atoms with E-state index in [0.717, 1.165) is 5.69 Å². The number of aliphatic hydroxyl groups is 1. The first-order valence-electron chi connectivity index (χ1n) is 10.4. The fourth-order valence-electron chi connectivity index (χ4n) is 3.76. The van der Waals surface area contributed by atoms with E-state index >= 15 is 0 Å². The highest BCUT2D eigenvalue weighted by Gasteiger charge is 2.33. The molecule has 1 amide bonds. The maximum atomic E-state index is 15.0. The molecule has 33 heavy (non-hydrogen) atoms. The minimum atomic E-state index is -0.532. The molecule has 2 atom stereocenters. The van der Waals surface area contributed by atoms with Crippen molar-refractivity contribution in [1.29, 1.82) is 0 Å². The van der Waals surface area contributed by atoms with E-state index in [1.54, 1.807) is 47.4 Å².